The number of hydrogen-bond donors (Lipinski definition) is 0. The fourth-order valence-corrected chi connectivity index (χ4v) is 1.92. The lowest BCUT2D eigenvalue weighted by Crippen LogP contribution is -1.80. The monoisotopic (exact) mass is 197 g/mol. The topological polar surface area (TPSA) is 26.0 Å². The molecule has 0 amide bonds. The second kappa shape index (κ2) is 3.09. The van der Waals surface area contributed by atoms with Gasteiger partial charge in [-0.05, 0) is 23.4 Å². The standard InChI is InChI=1S/C13H11NO/c1-2-9-3-5-11-10(7-9)4-6-12-13(11)15-8-14-12/h3-8H,2H2,1H3. The zero-order chi connectivity index (χ0) is 10.3. The zero-order valence-electron chi connectivity index (χ0n) is 8.53. The van der Waals surface area contributed by atoms with Gasteiger partial charge < -0.3 is 4.42 Å². The summed E-state index contributed by atoms with van der Waals surface area (Å²) in [6.07, 6.45) is 2.56. The maximum Gasteiger partial charge on any atom is 0.182 e. The Kier molecular flexibility index (Phi) is 1.75. The van der Waals surface area contributed by atoms with E-state index in [0.29, 0.717) is 0 Å². The van der Waals surface area contributed by atoms with Crippen molar-refractivity contribution in [2.75, 3.05) is 0 Å². The number of benzene rings is 2. The van der Waals surface area contributed by atoms with Gasteiger partial charge in [-0.3, -0.25) is 0 Å². The largest absolute Gasteiger partial charge is 0.443 e. The summed E-state index contributed by atoms with van der Waals surface area (Å²) in [4.78, 5) is 4.14. The van der Waals surface area contributed by atoms with Crippen molar-refractivity contribution in [2.45, 2.75) is 13.3 Å². The van der Waals surface area contributed by atoms with Gasteiger partial charge in [0.05, 0.1) is 0 Å². The first-order valence-electron chi connectivity index (χ1n) is 5.13. The quantitative estimate of drug-likeness (QED) is 0.596. The Morgan fingerprint density at radius 3 is 3.00 bits per heavy atom. The summed E-state index contributed by atoms with van der Waals surface area (Å²) in [5, 5.41) is 2.36. The van der Waals surface area contributed by atoms with E-state index in [1.807, 2.05) is 6.07 Å². The number of fused-ring (bicyclic) bond motifs is 3. The number of rotatable bonds is 1. The Morgan fingerprint density at radius 2 is 2.13 bits per heavy atom. The predicted molar refractivity (Wildman–Crippen MR) is 60.9 cm³/mol. The van der Waals surface area contributed by atoms with Gasteiger partial charge in [-0.15, -0.1) is 0 Å². The molecule has 2 nitrogen and oxygen atoms in total. The molecule has 15 heavy (non-hydrogen) atoms. The molecule has 0 N–H and O–H groups in total. The Hall–Kier alpha value is -1.83. The molecule has 2 aromatic carbocycles. The van der Waals surface area contributed by atoms with Crippen molar-refractivity contribution in [1.29, 1.82) is 0 Å². The van der Waals surface area contributed by atoms with Gasteiger partial charge in [0.15, 0.2) is 12.0 Å². The molecule has 0 atom stereocenters. The van der Waals surface area contributed by atoms with E-state index in [-0.39, 0.29) is 0 Å². The second-order valence-corrected chi connectivity index (χ2v) is 3.68. The number of aromatic nitrogens is 1. The first-order chi connectivity index (χ1) is 7.38. The van der Waals surface area contributed by atoms with Crippen LogP contribution in [0, 0.1) is 0 Å². The Balaban J connectivity index is 2.44. The van der Waals surface area contributed by atoms with E-state index in [1.165, 1.54) is 17.3 Å². The molecule has 0 saturated carbocycles. The van der Waals surface area contributed by atoms with Crippen LogP contribution in [0.5, 0.6) is 0 Å². The highest BCUT2D eigenvalue weighted by molar-refractivity contribution is 6.02. The van der Waals surface area contributed by atoms with Gasteiger partial charge in [-0.2, -0.15) is 0 Å². The molecule has 0 spiro atoms. The minimum absolute atomic E-state index is 0.884. The number of aryl methyl sites for hydroxylation is 1. The Morgan fingerprint density at radius 1 is 1.20 bits per heavy atom. The molecule has 0 radical (unpaired) electrons. The SMILES string of the molecule is CCc1ccc2c(ccc3ncoc32)c1. The summed E-state index contributed by atoms with van der Waals surface area (Å²) < 4.78 is 5.39. The molecular weight excluding hydrogens is 186 g/mol. The molecule has 0 fully saturated rings. The molecular formula is C13H11NO. The van der Waals surface area contributed by atoms with Crippen LogP contribution < -0.4 is 0 Å². The lowest BCUT2D eigenvalue weighted by Gasteiger charge is -2.00. The van der Waals surface area contributed by atoms with Gasteiger partial charge in [0.25, 0.3) is 0 Å². The van der Waals surface area contributed by atoms with E-state index < -0.39 is 0 Å². The van der Waals surface area contributed by atoms with Crippen molar-refractivity contribution in [3.8, 4) is 0 Å². The predicted octanol–water partition coefficient (Wildman–Crippen LogP) is 3.54. The van der Waals surface area contributed by atoms with E-state index in [0.717, 1.165) is 22.9 Å². The molecule has 74 valence electrons. The van der Waals surface area contributed by atoms with Crippen molar-refractivity contribution in [1.82, 2.24) is 4.98 Å². The number of hydrogen-bond acceptors (Lipinski definition) is 2. The van der Waals surface area contributed by atoms with Crippen LogP contribution in [0.1, 0.15) is 12.5 Å². The Labute approximate surface area is 87.5 Å². The first-order valence-corrected chi connectivity index (χ1v) is 5.13. The van der Waals surface area contributed by atoms with Crippen LogP contribution in [-0.4, -0.2) is 4.98 Å². The fourth-order valence-electron chi connectivity index (χ4n) is 1.92. The van der Waals surface area contributed by atoms with E-state index >= 15 is 0 Å². The van der Waals surface area contributed by atoms with E-state index in [2.05, 4.69) is 36.2 Å². The van der Waals surface area contributed by atoms with Gasteiger partial charge in [-0.1, -0.05) is 31.2 Å². The molecule has 2 heteroatoms. The summed E-state index contributed by atoms with van der Waals surface area (Å²) in [6.45, 7) is 2.16. The molecule has 1 aromatic heterocycles. The molecule has 0 unspecified atom stereocenters. The average molecular weight is 197 g/mol. The molecule has 3 aromatic rings. The van der Waals surface area contributed by atoms with Crippen LogP contribution in [0.3, 0.4) is 0 Å². The highest BCUT2D eigenvalue weighted by atomic mass is 16.3. The van der Waals surface area contributed by atoms with Crippen LogP contribution in [0.2, 0.25) is 0 Å². The smallest absolute Gasteiger partial charge is 0.182 e. The molecule has 3 rings (SSSR count). The van der Waals surface area contributed by atoms with Crippen LogP contribution in [0.4, 0.5) is 0 Å². The summed E-state index contributed by atoms with van der Waals surface area (Å²) >= 11 is 0. The van der Waals surface area contributed by atoms with Gasteiger partial charge >= 0.3 is 0 Å². The molecule has 1 heterocycles. The van der Waals surface area contributed by atoms with Crippen LogP contribution in [0.25, 0.3) is 21.9 Å². The van der Waals surface area contributed by atoms with E-state index in [4.69, 9.17) is 4.42 Å². The number of oxazole rings is 1. The lowest BCUT2D eigenvalue weighted by molar-refractivity contribution is 0.605. The van der Waals surface area contributed by atoms with Gasteiger partial charge in [0, 0.05) is 5.39 Å². The molecule has 0 aliphatic rings. The minimum Gasteiger partial charge on any atom is -0.443 e. The average Bonchev–Trinajstić information content (AvgIpc) is 2.76. The van der Waals surface area contributed by atoms with Gasteiger partial charge in [0.1, 0.15) is 5.52 Å². The third-order valence-corrected chi connectivity index (χ3v) is 2.78. The van der Waals surface area contributed by atoms with Gasteiger partial charge in [-0.25, -0.2) is 4.98 Å². The van der Waals surface area contributed by atoms with Crippen LogP contribution in [-0.2, 0) is 6.42 Å². The summed E-state index contributed by atoms with van der Waals surface area (Å²) in [6, 6.07) is 10.6. The molecule has 0 bridgehead atoms. The summed E-state index contributed by atoms with van der Waals surface area (Å²) in [5.41, 5.74) is 3.16. The van der Waals surface area contributed by atoms with Crippen LogP contribution in [0.15, 0.2) is 41.1 Å². The summed E-state index contributed by atoms with van der Waals surface area (Å²) in [7, 11) is 0. The van der Waals surface area contributed by atoms with Crippen molar-refractivity contribution >= 4 is 21.9 Å². The lowest BCUT2D eigenvalue weighted by atomic mass is 10.0. The van der Waals surface area contributed by atoms with Crippen molar-refractivity contribution < 1.29 is 4.42 Å². The zero-order valence-corrected chi connectivity index (χ0v) is 8.53. The van der Waals surface area contributed by atoms with Crippen molar-refractivity contribution in [3.63, 3.8) is 0 Å². The molecule has 0 aliphatic carbocycles. The number of nitrogens with zero attached hydrogens (tertiary/aromatic N) is 1. The molecule has 0 saturated heterocycles. The van der Waals surface area contributed by atoms with E-state index in [1.54, 1.807) is 0 Å². The second-order valence-electron chi connectivity index (χ2n) is 3.68. The van der Waals surface area contributed by atoms with Crippen molar-refractivity contribution in [2.24, 2.45) is 0 Å². The fraction of sp³-hybridized carbons (Fsp3) is 0.154. The normalized spacial score (nSPS) is 11.3. The minimum atomic E-state index is 0.884. The van der Waals surface area contributed by atoms with E-state index in [9.17, 15) is 0 Å². The third kappa shape index (κ3) is 1.22. The highest BCUT2D eigenvalue weighted by Crippen LogP contribution is 2.25. The molecule has 0 aliphatic heterocycles. The van der Waals surface area contributed by atoms with Crippen molar-refractivity contribution in [3.05, 3.63) is 42.3 Å². The Bertz CT molecular complexity index is 625. The van der Waals surface area contributed by atoms with Crippen LogP contribution >= 0.6 is 0 Å². The summed E-state index contributed by atoms with van der Waals surface area (Å²) in [5.74, 6) is 0. The highest BCUT2D eigenvalue weighted by Gasteiger charge is 2.04. The maximum atomic E-state index is 5.39. The first kappa shape index (κ1) is 8.48. The third-order valence-electron chi connectivity index (χ3n) is 2.78. The van der Waals surface area contributed by atoms with Gasteiger partial charge in [0.2, 0.25) is 0 Å². The maximum absolute atomic E-state index is 5.39.